The number of carbonyl (C=O) groups excluding carboxylic acids is 1. The fourth-order valence-electron chi connectivity index (χ4n) is 2.79. The molecule has 0 atom stereocenters. The lowest BCUT2D eigenvalue weighted by Gasteiger charge is -2.06. The second-order valence-corrected chi connectivity index (χ2v) is 7.76. The van der Waals surface area contributed by atoms with Crippen molar-refractivity contribution in [2.75, 3.05) is 12.3 Å². The van der Waals surface area contributed by atoms with Crippen molar-refractivity contribution >= 4 is 17.7 Å². The van der Waals surface area contributed by atoms with E-state index in [9.17, 15) is 4.79 Å². The maximum Gasteiger partial charge on any atom is 0.220 e. The van der Waals surface area contributed by atoms with Crippen molar-refractivity contribution in [3.63, 3.8) is 0 Å². The Hall–Kier alpha value is -3.04. The van der Waals surface area contributed by atoms with E-state index in [0.717, 1.165) is 28.4 Å². The van der Waals surface area contributed by atoms with Gasteiger partial charge in [-0.15, -0.1) is 0 Å². The molecular formula is C23H23N3O2S. The molecule has 5 nitrogen and oxygen atoms in total. The monoisotopic (exact) mass is 405 g/mol. The quantitative estimate of drug-likeness (QED) is 0.530. The van der Waals surface area contributed by atoms with E-state index in [2.05, 4.69) is 16.4 Å². The molecule has 1 aromatic heterocycles. The van der Waals surface area contributed by atoms with E-state index in [-0.39, 0.29) is 5.91 Å². The van der Waals surface area contributed by atoms with Gasteiger partial charge in [-0.05, 0) is 18.6 Å². The molecule has 0 aliphatic carbocycles. The van der Waals surface area contributed by atoms with Gasteiger partial charge >= 0.3 is 0 Å². The number of aryl methyl sites for hydroxylation is 2. The normalized spacial score (nSPS) is 10.5. The Morgan fingerprint density at radius 1 is 1.21 bits per heavy atom. The zero-order valence-electron chi connectivity index (χ0n) is 16.4. The predicted octanol–water partition coefficient (Wildman–Crippen LogP) is 4.50. The molecule has 0 fully saturated rings. The Labute approximate surface area is 175 Å². The summed E-state index contributed by atoms with van der Waals surface area (Å²) in [5, 5.41) is 12.0. The number of nitrogens with zero attached hydrogens (tertiary/aromatic N) is 2. The summed E-state index contributed by atoms with van der Waals surface area (Å²) in [5.41, 5.74) is 3.91. The Balaban J connectivity index is 1.35. The number of thioether (sulfide) groups is 1. The smallest absolute Gasteiger partial charge is 0.220 e. The van der Waals surface area contributed by atoms with E-state index in [4.69, 9.17) is 9.68 Å². The first-order chi connectivity index (χ1) is 14.2. The van der Waals surface area contributed by atoms with Crippen LogP contribution in [0.5, 0.6) is 0 Å². The van der Waals surface area contributed by atoms with Crippen molar-refractivity contribution in [2.45, 2.75) is 25.5 Å². The van der Waals surface area contributed by atoms with E-state index in [1.54, 1.807) is 18.0 Å². The van der Waals surface area contributed by atoms with Crippen molar-refractivity contribution < 1.29 is 9.21 Å². The van der Waals surface area contributed by atoms with E-state index >= 15 is 0 Å². The minimum atomic E-state index is -0.0156. The number of benzene rings is 2. The highest BCUT2D eigenvalue weighted by Gasteiger charge is 2.09. The minimum Gasteiger partial charge on any atom is -0.441 e. The van der Waals surface area contributed by atoms with E-state index in [1.165, 1.54) is 5.56 Å². The summed E-state index contributed by atoms with van der Waals surface area (Å²) in [7, 11) is 0. The standard InChI is InChI=1S/C23H23N3O2S/c1-17-6-8-18(9-7-17)21-15-26-23(28-21)11-10-22(27)25-12-13-29-16-20-5-3-2-4-19(20)14-24/h2-9,15H,10-13,16H2,1H3,(H,25,27). The van der Waals surface area contributed by atoms with Crippen LogP contribution in [0.25, 0.3) is 11.3 Å². The topological polar surface area (TPSA) is 78.9 Å². The SMILES string of the molecule is Cc1ccc(-c2cnc(CCC(=O)NCCSCc3ccccc3C#N)o2)cc1. The van der Waals surface area contributed by atoms with Crippen LogP contribution in [0.3, 0.4) is 0 Å². The molecule has 148 valence electrons. The van der Waals surface area contributed by atoms with E-state index in [1.807, 2.05) is 55.5 Å². The lowest BCUT2D eigenvalue weighted by molar-refractivity contribution is -0.121. The maximum absolute atomic E-state index is 12.0. The van der Waals surface area contributed by atoms with Gasteiger partial charge in [-0.1, -0.05) is 48.0 Å². The van der Waals surface area contributed by atoms with Crippen LogP contribution in [-0.2, 0) is 17.0 Å². The average Bonchev–Trinajstić information content (AvgIpc) is 3.22. The number of hydrogen-bond acceptors (Lipinski definition) is 5. The van der Waals surface area contributed by atoms with Gasteiger partial charge in [-0.2, -0.15) is 17.0 Å². The number of oxazole rings is 1. The number of carbonyl (C=O) groups is 1. The molecule has 0 aliphatic rings. The third-order valence-electron chi connectivity index (χ3n) is 4.42. The molecule has 0 saturated heterocycles. The fraction of sp³-hybridized carbons (Fsp3) is 0.261. The molecule has 6 heteroatoms. The molecule has 0 bridgehead atoms. The summed E-state index contributed by atoms with van der Waals surface area (Å²) in [6.45, 7) is 2.64. The number of hydrogen-bond donors (Lipinski definition) is 1. The van der Waals surface area contributed by atoms with Gasteiger partial charge in [0.1, 0.15) is 0 Å². The summed E-state index contributed by atoms with van der Waals surface area (Å²) < 4.78 is 5.75. The lowest BCUT2D eigenvalue weighted by Crippen LogP contribution is -2.26. The second kappa shape index (κ2) is 10.5. The average molecular weight is 406 g/mol. The zero-order chi connectivity index (χ0) is 20.5. The highest BCUT2D eigenvalue weighted by Crippen LogP contribution is 2.21. The van der Waals surface area contributed by atoms with Gasteiger partial charge in [0.15, 0.2) is 11.7 Å². The first-order valence-electron chi connectivity index (χ1n) is 9.50. The summed E-state index contributed by atoms with van der Waals surface area (Å²) in [5.74, 6) is 2.82. The molecule has 1 heterocycles. The van der Waals surface area contributed by atoms with Gasteiger partial charge in [0.05, 0.1) is 17.8 Å². The van der Waals surface area contributed by atoms with Gasteiger partial charge in [0, 0.05) is 36.5 Å². The van der Waals surface area contributed by atoms with Crippen LogP contribution in [0.15, 0.2) is 59.1 Å². The fourth-order valence-corrected chi connectivity index (χ4v) is 3.65. The third-order valence-corrected chi connectivity index (χ3v) is 5.43. The van der Waals surface area contributed by atoms with Crippen molar-refractivity contribution in [3.8, 4) is 17.4 Å². The van der Waals surface area contributed by atoms with Crippen molar-refractivity contribution in [1.29, 1.82) is 5.26 Å². The highest BCUT2D eigenvalue weighted by molar-refractivity contribution is 7.98. The van der Waals surface area contributed by atoms with Crippen LogP contribution < -0.4 is 5.32 Å². The highest BCUT2D eigenvalue weighted by atomic mass is 32.2. The zero-order valence-corrected chi connectivity index (χ0v) is 17.2. The number of nitrogens with one attached hydrogen (secondary N) is 1. The molecule has 0 saturated carbocycles. The Morgan fingerprint density at radius 3 is 2.79 bits per heavy atom. The first kappa shape index (κ1) is 20.7. The molecule has 0 spiro atoms. The van der Waals surface area contributed by atoms with E-state index < -0.39 is 0 Å². The van der Waals surface area contributed by atoms with E-state index in [0.29, 0.717) is 30.8 Å². The number of amides is 1. The lowest BCUT2D eigenvalue weighted by atomic mass is 10.1. The van der Waals surface area contributed by atoms with Crippen LogP contribution in [0.4, 0.5) is 0 Å². The molecule has 1 N–H and O–H groups in total. The summed E-state index contributed by atoms with van der Waals surface area (Å²) in [6, 6.07) is 17.9. The van der Waals surface area contributed by atoms with Gasteiger partial charge in [-0.3, -0.25) is 4.79 Å². The third kappa shape index (κ3) is 6.23. The van der Waals surface area contributed by atoms with Gasteiger partial charge in [0.2, 0.25) is 5.91 Å². The first-order valence-corrected chi connectivity index (χ1v) is 10.7. The van der Waals surface area contributed by atoms with Crippen LogP contribution in [0, 0.1) is 18.3 Å². The number of aromatic nitrogens is 1. The van der Waals surface area contributed by atoms with Gasteiger partial charge in [-0.25, -0.2) is 4.98 Å². The summed E-state index contributed by atoms with van der Waals surface area (Å²) >= 11 is 1.70. The maximum atomic E-state index is 12.0. The molecule has 3 rings (SSSR count). The number of nitriles is 1. The molecule has 0 radical (unpaired) electrons. The van der Waals surface area contributed by atoms with Crippen molar-refractivity contribution in [1.82, 2.24) is 10.3 Å². The van der Waals surface area contributed by atoms with Crippen LogP contribution >= 0.6 is 11.8 Å². The van der Waals surface area contributed by atoms with Crippen LogP contribution in [-0.4, -0.2) is 23.2 Å². The van der Waals surface area contributed by atoms with Gasteiger partial charge < -0.3 is 9.73 Å². The molecule has 1 amide bonds. The summed E-state index contributed by atoms with van der Waals surface area (Å²) in [4.78, 5) is 16.3. The largest absolute Gasteiger partial charge is 0.441 e. The van der Waals surface area contributed by atoms with Crippen molar-refractivity contribution in [2.24, 2.45) is 0 Å². The Kier molecular flexibility index (Phi) is 7.48. The molecule has 3 aromatic rings. The summed E-state index contributed by atoms with van der Waals surface area (Å²) in [6.07, 6.45) is 2.52. The minimum absolute atomic E-state index is 0.0156. The number of rotatable bonds is 9. The molecule has 0 aliphatic heterocycles. The van der Waals surface area contributed by atoms with Crippen molar-refractivity contribution in [3.05, 3.63) is 77.3 Å². The second-order valence-electron chi connectivity index (χ2n) is 6.66. The molecule has 0 unspecified atom stereocenters. The molecular weight excluding hydrogens is 382 g/mol. The molecule has 2 aromatic carbocycles. The van der Waals surface area contributed by atoms with Gasteiger partial charge in [0.25, 0.3) is 0 Å². The predicted molar refractivity (Wildman–Crippen MR) is 115 cm³/mol. The van der Waals surface area contributed by atoms with Crippen LogP contribution in [0.2, 0.25) is 0 Å². The Morgan fingerprint density at radius 2 is 2.00 bits per heavy atom. The molecule has 29 heavy (non-hydrogen) atoms. The Bertz CT molecular complexity index is 990. The van der Waals surface area contributed by atoms with Crippen LogP contribution in [0.1, 0.15) is 29.0 Å².